The van der Waals surface area contributed by atoms with E-state index in [2.05, 4.69) is 35.0 Å². The van der Waals surface area contributed by atoms with Crippen LogP contribution in [0.25, 0.3) is 0 Å². The lowest BCUT2D eigenvalue weighted by molar-refractivity contribution is -0.870. The Labute approximate surface area is 107 Å². The van der Waals surface area contributed by atoms with E-state index in [0.29, 0.717) is 12.5 Å². The second-order valence-corrected chi connectivity index (χ2v) is 6.73. The van der Waals surface area contributed by atoms with Crippen LogP contribution >= 0.6 is 0 Å². The second kappa shape index (κ2) is 6.39. The molecule has 0 fully saturated rings. The van der Waals surface area contributed by atoms with Crippen LogP contribution in [-0.4, -0.2) is 44.7 Å². The Bertz CT molecular complexity index is 239. The number of esters is 1. The van der Waals surface area contributed by atoms with Gasteiger partial charge in [0.2, 0.25) is 0 Å². The third kappa shape index (κ3) is 6.67. The van der Waals surface area contributed by atoms with Gasteiger partial charge < -0.3 is 9.22 Å². The van der Waals surface area contributed by atoms with Crippen LogP contribution in [-0.2, 0) is 9.53 Å². The minimum absolute atomic E-state index is 0.0715. The van der Waals surface area contributed by atoms with E-state index in [9.17, 15) is 4.79 Å². The molecule has 0 heterocycles. The van der Waals surface area contributed by atoms with Crippen LogP contribution in [0, 0.1) is 11.3 Å². The molecule has 0 N–H and O–H groups in total. The molecule has 102 valence electrons. The van der Waals surface area contributed by atoms with Crippen molar-refractivity contribution in [1.82, 2.24) is 0 Å². The summed E-state index contributed by atoms with van der Waals surface area (Å²) < 4.78 is 6.30. The molecule has 0 aromatic heterocycles. The Morgan fingerprint density at radius 2 is 1.71 bits per heavy atom. The van der Waals surface area contributed by atoms with Gasteiger partial charge in [-0.3, -0.25) is 4.79 Å². The predicted molar refractivity (Wildman–Crippen MR) is 71.7 cm³/mol. The number of nitrogens with zero attached hydrogens (tertiary/aromatic N) is 1. The minimum Gasteiger partial charge on any atom is -0.465 e. The van der Waals surface area contributed by atoms with Crippen LogP contribution in [0.3, 0.4) is 0 Å². The molecule has 3 heteroatoms. The minimum atomic E-state index is -0.375. The average molecular weight is 244 g/mol. The molecular weight excluding hydrogens is 214 g/mol. The van der Waals surface area contributed by atoms with Crippen molar-refractivity contribution < 1.29 is 14.0 Å². The van der Waals surface area contributed by atoms with Crippen LogP contribution < -0.4 is 0 Å². The normalized spacial score (nSPS) is 12.9. The van der Waals surface area contributed by atoms with Crippen LogP contribution in [0.4, 0.5) is 0 Å². The smallest absolute Gasteiger partial charge is 0.311 e. The summed E-state index contributed by atoms with van der Waals surface area (Å²) in [5.74, 6) is 0.235. The lowest BCUT2D eigenvalue weighted by Crippen LogP contribution is -2.35. The number of hydrogen-bond acceptors (Lipinski definition) is 2. The molecular formula is C14H30NO2+. The van der Waals surface area contributed by atoms with E-state index in [4.69, 9.17) is 4.74 Å². The van der Waals surface area contributed by atoms with Gasteiger partial charge in [-0.15, -0.1) is 0 Å². The van der Waals surface area contributed by atoms with Crippen molar-refractivity contribution in [1.29, 1.82) is 0 Å². The first-order chi connectivity index (χ1) is 7.57. The second-order valence-electron chi connectivity index (χ2n) is 6.73. The molecule has 0 aliphatic rings. The first kappa shape index (κ1) is 16.4. The highest BCUT2D eigenvalue weighted by Gasteiger charge is 2.32. The van der Waals surface area contributed by atoms with Crippen molar-refractivity contribution in [2.24, 2.45) is 11.3 Å². The van der Waals surface area contributed by atoms with E-state index in [-0.39, 0.29) is 11.4 Å². The van der Waals surface area contributed by atoms with Gasteiger partial charge >= 0.3 is 5.97 Å². The fourth-order valence-electron chi connectivity index (χ4n) is 1.27. The van der Waals surface area contributed by atoms with Gasteiger partial charge in [0.25, 0.3) is 0 Å². The molecule has 0 saturated heterocycles. The molecule has 0 amide bonds. The summed E-state index contributed by atoms with van der Waals surface area (Å²) in [5.41, 5.74) is -0.375. The number of carbonyl (C=O) groups is 1. The van der Waals surface area contributed by atoms with Crippen LogP contribution in [0.5, 0.6) is 0 Å². The van der Waals surface area contributed by atoms with Crippen LogP contribution in [0.15, 0.2) is 0 Å². The van der Waals surface area contributed by atoms with E-state index < -0.39 is 0 Å². The van der Waals surface area contributed by atoms with Crippen molar-refractivity contribution in [3.05, 3.63) is 0 Å². The number of unbranched alkanes of at least 4 members (excludes halogenated alkanes) is 1. The molecule has 0 bridgehead atoms. The maximum Gasteiger partial charge on any atom is 0.311 e. The van der Waals surface area contributed by atoms with Gasteiger partial charge in [0.1, 0.15) is 0 Å². The molecule has 0 radical (unpaired) electrons. The zero-order chi connectivity index (χ0) is 13.7. The molecule has 17 heavy (non-hydrogen) atoms. The summed E-state index contributed by atoms with van der Waals surface area (Å²) in [7, 11) is 6.52. The molecule has 0 rings (SSSR count). The first-order valence-electron chi connectivity index (χ1n) is 6.55. The third-order valence-electron chi connectivity index (χ3n) is 3.43. The van der Waals surface area contributed by atoms with E-state index >= 15 is 0 Å². The quantitative estimate of drug-likeness (QED) is 0.391. The molecule has 3 nitrogen and oxygen atoms in total. The predicted octanol–water partition coefficient (Wildman–Crippen LogP) is 2.70. The van der Waals surface area contributed by atoms with Gasteiger partial charge in [0, 0.05) is 0 Å². The Hall–Kier alpha value is -0.570. The third-order valence-corrected chi connectivity index (χ3v) is 3.43. The summed E-state index contributed by atoms with van der Waals surface area (Å²) >= 11 is 0. The fraction of sp³-hybridized carbons (Fsp3) is 0.929. The molecule has 0 aliphatic heterocycles. The highest BCUT2D eigenvalue weighted by atomic mass is 16.5. The molecule has 0 spiro atoms. The molecule has 0 saturated carbocycles. The van der Waals surface area contributed by atoms with Gasteiger partial charge in [-0.05, 0) is 32.6 Å². The Morgan fingerprint density at radius 1 is 1.18 bits per heavy atom. The highest BCUT2D eigenvalue weighted by molar-refractivity contribution is 5.76. The number of carbonyl (C=O) groups excluding carboxylic acids is 1. The van der Waals surface area contributed by atoms with E-state index in [1.165, 1.54) is 0 Å². The average Bonchev–Trinajstić information content (AvgIpc) is 2.14. The van der Waals surface area contributed by atoms with Crippen LogP contribution in [0.2, 0.25) is 0 Å². The zero-order valence-electron chi connectivity index (χ0n) is 12.7. The Kier molecular flexibility index (Phi) is 6.17. The molecule has 0 aromatic carbocycles. The maximum absolute atomic E-state index is 11.8. The SMILES string of the molecule is CC(C)C(C)(C)C(=O)OCCCC[N+](C)(C)C. The van der Waals surface area contributed by atoms with E-state index in [1.54, 1.807) is 0 Å². The summed E-state index contributed by atoms with van der Waals surface area (Å²) in [6.45, 7) is 9.68. The lowest BCUT2D eigenvalue weighted by atomic mass is 9.81. The standard InChI is InChI=1S/C14H30NO2/c1-12(2)14(3,4)13(16)17-11-9-8-10-15(5,6)7/h12H,8-11H2,1-7H3/q+1. The van der Waals surface area contributed by atoms with Gasteiger partial charge in [0.15, 0.2) is 0 Å². The lowest BCUT2D eigenvalue weighted by Gasteiger charge is -2.27. The summed E-state index contributed by atoms with van der Waals surface area (Å²) in [6, 6.07) is 0. The van der Waals surface area contributed by atoms with Gasteiger partial charge in [0.05, 0.1) is 39.7 Å². The van der Waals surface area contributed by atoms with Crippen molar-refractivity contribution in [2.45, 2.75) is 40.5 Å². The fourth-order valence-corrected chi connectivity index (χ4v) is 1.27. The van der Waals surface area contributed by atoms with Crippen molar-refractivity contribution in [3.63, 3.8) is 0 Å². The van der Waals surface area contributed by atoms with E-state index in [0.717, 1.165) is 23.9 Å². The monoisotopic (exact) mass is 244 g/mol. The topological polar surface area (TPSA) is 26.3 Å². The van der Waals surface area contributed by atoms with Gasteiger partial charge in [-0.2, -0.15) is 0 Å². The largest absolute Gasteiger partial charge is 0.465 e. The number of quaternary nitrogens is 1. The number of hydrogen-bond donors (Lipinski definition) is 0. The number of rotatable bonds is 7. The zero-order valence-corrected chi connectivity index (χ0v) is 12.7. The van der Waals surface area contributed by atoms with Gasteiger partial charge in [-0.25, -0.2) is 0 Å². The molecule has 0 unspecified atom stereocenters. The van der Waals surface area contributed by atoms with Crippen LogP contribution in [0.1, 0.15) is 40.5 Å². The van der Waals surface area contributed by atoms with E-state index in [1.807, 2.05) is 13.8 Å². The molecule has 0 aromatic rings. The first-order valence-corrected chi connectivity index (χ1v) is 6.55. The van der Waals surface area contributed by atoms with Crippen molar-refractivity contribution in [2.75, 3.05) is 34.3 Å². The Morgan fingerprint density at radius 3 is 2.12 bits per heavy atom. The molecule has 0 aliphatic carbocycles. The summed E-state index contributed by atoms with van der Waals surface area (Å²) in [6.07, 6.45) is 2.05. The van der Waals surface area contributed by atoms with Gasteiger partial charge in [-0.1, -0.05) is 13.8 Å². The summed E-state index contributed by atoms with van der Waals surface area (Å²) in [4.78, 5) is 11.8. The maximum atomic E-state index is 11.8. The number of ether oxygens (including phenoxy) is 1. The highest BCUT2D eigenvalue weighted by Crippen LogP contribution is 2.27. The van der Waals surface area contributed by atoms with Crippen molar-refractivity contribution >= 4 is 5.97 Å². The summed E-state index contributed by atoms with van der Waals surface area (Å²) in [5, 5.41) is 0. The van der Waals surface area contributed by atoms with Crippen molar-refractivity contribution in [3.8, 4) is 0 Å². The molecule has 0 atom stereocenters. The Balaban J connectivity index is 3.80.